The number of hydrogen-bond acceptors (Lipinski definition) is 4. The molecule has 0 aliphatic heterocycles. The summed E-state index contributed by atoms with van der Waals surface area (Å²) >= 11 is 0. The summed E-state index contributed by atoms with van der Waals surface area (Å²) in [6, 6.07) is 3.99. The monoisotopic (exact) mass is 274 g/mol. The molecule has 1 saturated carbocycles. The average Bonchev–Trinajstić information content (AvgIpc) is 2.40. The van der Waals surface area contributed by atoms with Crippen LogP contribution >= 0.6 is 0 Å². The zero-order chi connectivity index (χ0) is 14.7. The fraction of sp³-hybridized carbons (Fsp3) is 0.333. The molecule has 1 unspecified atom stereocenters. The maximum absolute atomic E-state index is 11.9. The smallest absolute Gasteiger partial charge is 0.335 e. The Morgan fingerprint density at radius 1 is 1.50 bits per heavy atom. The van der Waals surface area contributed by atoms with E-state index in [-0.39, 0.29) is 17.3 Å². The van der Waals surface area contributed by atoms with E-state index in [4.69, 9.17) is 5.11 Å². The van der Waals surface area contributed by atoms with Crippen LogP contribution in [-0.4, -0.2) is 16.9 Å². The molecule has 5 nitrogen and oxygen atoms in total. The van der Waals surface area contributed by atoms with Crippen molar-refractivity contribution in [2.45, 2.75) is 26.2 Å². The maximum atomic E-state index is 11.9. The van der Waals surface area contributed by atoms with E-state index in [2.05, 4.69) is 5.32 Å². The molecule has 1 atom stereocenters. The van der Waals surface area contributed by atoms with Crippen molar-refractivity contribution in [1.29, 1.82) is 0 Å². The zero-order valence-corrected chi connectivity index (χ0v) is 11.2. The summed E-state index contributed by atoms with van der Waals surface area (Å²) in [7, 11) is 0. The van der Waals surface area contributed by atoms with Crippen LogP contribution in [-0.2, 0) is 4.79 Å². The van der Waals surface area contributed by atoms with Gasteiger partial charge in [-0.2, -0.15) is 0 Å². The predicted molar refractivity (Wildman–Crippen MR) is 72.6 cm³/mol. The number of benzene rings is 1. The van der Waals surface area contributed by atoms with Gasteiger partial charge in [0.2, 0.25) is 0 Å². The van der Waals surface area contributed by atoms with Crippen LogP contribution in [0, 0.1) is 5.92 Å². The lowest BCUT2D eigenvalue weighted by atomic mass is 9.86. The standard InChI is InChI=1S/C15H17NO4/c1-9-3-2-4-10(14(9)18)8-16-11-5-6-12(15(19)20)13(17)7-11/h5-9,16-17H,2-4H2,1H3,(H,19,20)/p-1. The molecule has 0 saturated heterocycles. The lowest BCUT2D eigenvalue weighted by Crippen LogP contribution is -2.19. The molecular formula is C15H16NO4-. The number of aromatic carboxylic acids is 1. The number of carboxylic acid groups (broad SMARTS) is 1. The zero-order valence-electron chi connectivity index (χ0n) is 11.2. The van der Waals surface area contributed by atoms with Gasteiger partial charge in [-0.3, -0.25) is 4.79 Å². The van der Waals surface area contributed by atoms with Gasteiger partial charge >= 0.3 is 5.97 Å². The van der Waals surface area contributed by atoms with Crippen LogP contribution in [0.2, 0.25) is 0 Å². The number of Topliss-reactive ketones (excluding diaryl/α,β-unsaturated/α-hetero) is 1. The Morgan fingerprint density at radius 3 is 2.90 bits per heavy atom. The van der Waals surface area contributed by atoms with Crippen molar-refractivity contribution in [3.8, 4) is 5.75 Å². The molecule has 20 heavy (non-hydrogen) atoms. The van der Waals surface area contributed by atoms with Gasteiger partial charge in [-0.25, -0.2) is 4.79 Å². The summed E-state index contributed by atoms with van der Waals surface area (Å²) in [5, 5.41) is 23.2. The van der Waals surface area contributed by atoms with E-state index in [1.165, 1.54) is 18.2 Å². The Kier molecular flexibility index (Phi) is 4.08. The number of anilines is 1. The molecule has 106 valence electrons. The van der Waals surface area contributed by atoms with E-state index < -0.39 is 11.7 Å². The van der Waals surface area contributed by atoms with Crippen molar-refractivity contribution in [3.63, 3.8) is 0 Å². The van der Waals surface area contributed by atoms with E-state index in [1.807, 2.05) is 6.92 Å². The molecule has 0 bridgehead atoms. The van der Waals surface area contributed by atoms with Crippen molar-refractivity contribution in [3.05, 3.63) is 35.5 Å². The Balaban J connectivity index is 2.13. The molecule has 5 heteroatoms. The normalized spacial score (nSPS) is 20.9. The van der Waals surface area contributed by atoms with Crippen LogP contribution in [0.25, 0.3) is 0 Å². The predicted octanol–water partition coefficient (Wildman–Crippen LogP) is 2.14. The van der Waals surface area contributed by atoms with Crippen molar-refractivity contribution in [1.82, 2.24) is 0 Å². The van der Waals surface area contributed by atoms with Crippen molar-refractivity contribution < 1.29 is 19.8 Å². The number of rotatable bonds is 3. The van der Waals surface area contributed by atoms with Crippen LogP contribution in [0.5, 0.6) is 5.75 Å². The average molecular weight is 274 g/mol. The van der Waals surface area contributed by atoms with Gasteiger partial charge in [0.1, 0.15) is 0 Å². The highest BCUT2D eigenvalue weighted by atomic mass is 16.4. The van der Waals surface area contributed by atoms with Crippen LogP contribution in [0.4, 0.5) is 5.69 Å². The van der Waals surface area contributed by atoms with Gasteiger partial charge in [0.15, 0.2) is 5.78 Å². The largest absolute Gasteiger partial charge is 0.872 e. The lowest BCUT2D eigenvalue weighted by Gasteiger charge is -2.19. The van der Waals surface area contributed by atoms with E-state index in [0.717, 1.165) is 24.8 Å². The van der Waals surface area contributed by atoms with Crippen molar-refractivity contribution >= 4 is 17.4 Å². The Morgan fingerprint density at radius 2 is 2.25 bits per heavy atom. The summed E-state index contributed by atoms with van der Waals surface area (Å²) in [6.45, 7) is 1.91. The van der Waals surface area contributed by atoms with E-state index >= 15 is 0 Å². The highest BCUT2D eigenvalue weighted by Crippen LogP contribution is 2.25. The van der Waals surface area contributed by atoms with Gasteiger partial charge < -0.3 is 15.5 Å². The van der Waals surface area contributed by atoms with E-state index in [1.54, 1.807) is 6.20 Å². The van der Waals surface area contributed by atoms with Crippen LogP contribution < -0.4 is 10.4 Å². The summed E-state index contributed by atoms with van der Waals surface area (Å²) in [4.78, 5) is 22.6. The van der Waals surface area contributed by atoms with Crippen LogP contribution in [0.3, 0.4) is 0 Å². The topological polar surface area (TPSA) is 89.5 Å². The summed E-state index contributed by atoms with van der Waals surface area (Å²) in [5.41, 5.74) is 0.947. The second-order valence-corrected chi connectivity index (χ2v) is 4.99. The Bertz CT molecular complexity index is 577. The number of nitrogens with one attached hydrogen (secondary N) is 1. The second kappa shape index (κ2) is 5.77. The summed E-state index contributed by atoms with van der Waals surface area (Å²) in [6.07, 6.45) is 4.24. The highest BCUT2D eigenvalue weighted by molar-refractivity contribution is 5.98. The first-order valence-corrected chi connectivity index (χ1v) is 6.53. The summed E-state index contributed by atoms with van der Waals surface area (Å²) in [5.74, 6) is -1.62. The number of carboxylic acids is 1. The number of carbonyl (C=O) groups is 2. The quantitative estimate of drug-likeness (QED) is 0.824. The minimum atomic E-state index is -1.24. The molecule has 1 fully saturated rings. The van der Waals surface area contributed by atoms with Crippen molar-refractivity contribution in [2.24, 2.45) is 5.92 Å². The van der Waals surface area contributed by atoms with Gasteiger partial charge in [-0.15, -0.1) is 0 Å². The minimum absolute atomic E-state index is 0.0428. The molecule has 0 amide bonds. The van der Waals surface area contributed by atoms with Crippen LogP contribution in [0.1, 0.15) is 36.5 Å². The molecule has 0 aromatic heterocycles. The molecule has 1 aromatic carbocycles. The molecule has 1 aliphatic carbocycles. The first-order valence-electron chi connectivity index (χ1n) is 6.53. The third-order valence-electron chi connectivity index (χ3n) is 3.47. The highest BCUT2D eigenvalue weighted by Gasteiger charge is 2.22. The third kappa shape index (κ3) is 2.99. The minimum Gasteiger partial charge on any atom is -0.872 e. The SMILES string of the molecule is CC1CCCC(=CNc2ccc(C(=O)O)c([O-])c2)C1=O. The lowest BCUT2D eigenvalue weighted by molar-refractivity contribution is -0.268. The first-order chi connectivity index (χ1) is 9.49. The number of carbonyl (C=O) groups excluding carboxylic acids is 1. The van der Waals surface area contributed by atoms with Gasteiger partial charge in [0.25, 0.3) is 0 Å². The maximum Gasteiger partial charge on any atom is 0.335 e. The second-order valence-electron chi connectivity index (χ2n) is 4.99. The Labute approximate surface area is 116 Å². The molecule has 2 rings (SSSR count). The molecule has 1 aliphatic rings. The van der Waals surface area contributed by atoms with Crippen molar-refractivity contribution in [2.75, 3.05) is 5.32 Å². The van der Waals surface area contributed by atoms with E-state index in [0.29, 0.717) is 5.69 Å². The number of ketones is 1. The molecule has 1 aromatic rings. The van der Waals surface area contributed by atoms with E-state index in [9.17, 15) is 14.7 Å². The van der Waals surface area contributed by atoms with Gasteiger partial charge in [-0.05, 0) is 37.5 Å². The number of allylic oxidation sites excluding steroid dienone is 1. The third-order valence-corrected chi connectivity index (χ3v) is 3.47. The fourth-order valence-electron chi connectivity index (χ4n) is 2.27. The van der Waals surface area contributed by atoms with Gasteiger partial charge in [0.05, 0.1) is 5.56 Å². The summed E-state index contributed by atoms with van der Waals surface area (Å²) < 4.78 is 0. The fourth-order valence-corrected chi connectivity index (χ4v) is 2.27. The molecule has 0 heterocycles. The first kappa shape index (κ1) is 14.1. The molecule has 2 N–H and O–H groups in total. The molecule has 0 spiro atoms. The van der Waals surface area contributed by atoms with Gasteiger partial charge in [0, 0.05) is 23.4 Å². The Hall–Kier alpha value is -2.30. The van der Waals surface area contributed by atoms with Crippen LogP contribution in [0.15, 0.2) is 30.0 Å². The number of hydrogen-bond donors (Lipinski definition) is 2. The molecular weight excluding hydrogens is 258 g/mol. The molecule has 0 radical (unpaired) electrons. The van der Waals surface area contributed by atoms with Gasteiger partial charge in [-0.1, -0.05) is 12.7 Å².